The van der Waals surface area contributed by atoms with E-state index < -0.39 is 0 Å². The first-order valence-electron chi connectivity index (χ1n) is 7.31. The molecule has 0 N–H and O–H groups in total. The van der Waals surface area contributed by atoms with Gasteiger partial charge >= 0.3 is 0 Å². The fraction of sp³-hybridized carbons (Fsp3) is 0.625. The zero-order chi connectivity index (χ0) is 14.7. The van der Waals surface area contributed by atoms with Crippen LogP contribution in [0.1, 0.15) is 25.3 Å². The van der Waals surface area contributed by atoms with Crippen LogP contribution < -0.4 is 0 Å². The van der Waals surface area contributed by atoms with Crippen LogP contribution >= 0.6 is 11.6 Å². The van der Waals surface area contributed by atoms with E-state index in [1.165, 1.54) is 25.0 Å². The second kappa shape index (κ2) is 6.88. The zero-order valence-corrected chi connectivity index (χ0v) is 13.3. The lowest BCUT2D eigenvalue weighted by atomic mass is 9.97. The van der Waals surface area contributed by atoms with Crippen LogP contribution in [0, 0.1) is 5.82 Å². The summed E-state index contributed by atoms with van der Waals surface area (Å²) in [5.41, 5.74) is 1.03. The molecule has 1 heterocycles. The first-order chi connectivity index (χ1) is 9.47. The highest BCUT2D eigenvalue weighted by Gasteiger charge is 2.25. The number of piperidine rings is 1. The summed E-state index contributed by atoms with van der Waals surface area (Å²) >= 11 is 6.08. The molecule has 0 radical (unpaired) electrons. The van der Waals surface area contributed by atoms with Crippen molar-refractivity contribution in [2.75, 3.05) is 27.2 Å². The van der Waals surface area contributed by atoms with Crippen molar-refractivity contribution < 1.29 is 4.39 Å². The van der Waals surface area contributed by atoms with E-state index in [1.807, 2.05) is 0 Å². The average Bonchev–Trinajstić information content (AvgIpc) is 2.40. The van der Waals surface area contributed by atoms with Crippen LogP contribution in [-0.4, -0.2) is 49.1 Å². The Morgan fingerprint density at radius 2 is 2.20 bits per heavy atom. The second-order valence-corrected chi connectivity index (χ2v) is 6.38. The molecule has 0 bridgehead atoms. The van der Waals surface area contributed by atoms with Gasteiger partial charge < -0.3 is 9.80 Å². The number of likely N-dealkylation sites (tertiary alicyclic amines) is 1. The molecule has 1 aliphatic rings. The van der Waals surface area contributed by atoms with Gasteiger partial charge in [-0.3, -0.25) is 0 Å². The maximum Gasteiger partial charge on any atom is 0.124 e. The highest BCUT2D eigenvalue weighted by Crippen LogP contribution is 2.21. The van der Waals surface area contributed by atoms with Crippen molar-refractivity contribution in [3.8, 4) is 0 Å². The van der Waals surface area contributed by atoms with E-state index in [1.54, 1.807) is 6.07 Å². The molecule has 4 heteroatoms. The van der Waals surface area contributed by atoms with Gasteiger partial charge in [-0.05, 0) is 64.5 Å². The number of halogens is 2. The Labute approximate surface area is 126 Å². The SMILES string of the molecule is C[C@@H]1C[C@@H](N(C)CCc2ccc(F)cc2Cl)CCN1C. The van der Waals surface area contributed by atoms with E-state index in [-0.39, 0.29) is 5.82 Å². The molecule has 1 aromatic rings. The molecular formula is C16H24ClFN2. The minimum atomic E-state index is -0.267. The molecule has 0 aliphatic carbocycles. The van der Waals surface area contributed by atoms with E-state index in [9.17, 15) is 4.39 Å². The summed E-state index contributed by atoms with van der Waals surface area (Å²) in [6.07, 6.45) is 3.30. The lowest BCUT2D eigenvalue weighted by molar-refractivity contribution is 0.105. The quantitative estimate of drug-likeness (QED) is 0.840. The maximum atomic E-state index is 13.0. The monoisotopic (exact) mass is 298 g/mol. The molecule has 0 amide bonds. The molecule has 2 rings (SSSR count). The van der Waals surface area contributed by atoms with Gasteiger partial charge in [0.1, 0.15) is 5.82 Å². The summed E-state index contributed by atoms with van der Waals surface area (Å²) in [5, 5.41) is 0.537. The first-order valence-corrected chi connectivity index (χ1v) is 7.69. The average molecular weight is 299 g/mol. The zero-order valence-electron chi connectivity index (χ0n) is 12.6. The van der Waals surface area contributed by atoms with Crippen LogP contribution in [-0.2, 0) is 6.42 Å². The van der Waals surface area contributed by atoms with Crippen LogP contribution in [0.15, 0.2) is 18.2 Å². The molecule has 1 aliphatic heterocycles. The molecule has 0 saturated carbocycles. The predicted molar refractivity (Wildman–Crippen MR) is 82.9 cm³/mol. The molecule has 112 valence electrons. The van der Waals surface area contributed by atoms with Crippen LogP contribution in [0.2, 0.25) is 5.02 Å². The summed E-state index contributed by atoms with van der Waals surface area (Å²) < 4.78 is 13.0. The number of likely N-dealkylation sites (N-methyl/N-ethyl adjacent to an activating group) is 1. The van der Waals surface area contributed by atoms with E-state index in [0.29, 0.717) is 17.1 Å². The Morgan fingerprint density at radius 1 is 1.45 bits per heavy atom. The molecule has 0 aromatic heterocycles. The largest absolute Gasteiger partial charge is 0.304 e. The molecule has 2 atom stereocenters. The summed E-state index contributed by atoms with van der Waals surface area (Å²) in [7, 11) is 4.37. The van der Waals surface area contributed by atoms with Gasteiger partial charge in [0, 0.05) is 23.7 Å². The van der Waals surface area contributed by atoms with Gasteiger partial charge in [0.05, 0.1) is 0 Å². The molecule has 0 unspecified atom stereocenters. The number of rotatable bonds is 4. The van der Waals surface area contributed by atoms with Crippen LogP contribution in [0.5, 0.6) is 0 Å². The Bertz CT molecular complexity index is 452. The Hall–Kier alpha value is -0.640. The fourth-order valence-corrected chi connectivity index (χ4v) is 3.13. The number of nitrogens with zero attached hydrogens (tertiary/aromatic N) is 2. The molecule has 2 nitrogen and oxygen atoms in total. The summed E-state index contributed by atoms with van der Waals surface area (Å²) in [4.78, 5) is 4.84. The number of hydrogen-bond donors (Lipinski definition) is 0. The van der Waals surface area contributed by atoms with Crippen LogP contribution in [0.3, 0.4) is 0 Å². The highest BCUT2D eigenvalue weighted by molar-refractivity contribution is 6.31. The molecule has 1 fully saturated rings. The molecular weight excluding hydrogens is 275 g/mol. The molecule has 20 heavy (non-hydrogen) atoms. The Morgan fingerprint density at radius 3 is 2.85 bits per heavy atom. The first kappa shape index (κ1) is 15.7. The van der Waals surface area contributed by atoms with E-state index in [2.05, 4.69) is 30.8 Å². The topological polar surface area (TPSA) is 6.48 Å². The van der Waals surface area contributed by atoms with E-state index in [4.69, 9.17) is 11.6 Å². The predicted octanol–water partition coefficient (Wildman–Crippen LogP) is 3.44. The minimum absolute atomic E-state index is 0.267. The fourth-order valence-electron chi connectivity index (χ4n) is 2.87. The Balaban J connectivity index is 1.87. The van der Waals surface area contributed by atoms with Crippen molar-refractivity contribution in [2.45, 2.75) is 38.3 Å². The summed E-state index contributed by atoms with van der Waals surface area (Å²) in [6, 6.07) is 5.96. The number of benzene rings is 1. The smallest absolute Gasteiger partial charge is 0.124 e. The van der Waals surface area contributed by atoms with Crippen LogP contribution in [0.25, 0.3) is 0 Å². The van der Waals surface area contributed by atoms with Crippen molar-refractivity contribution in [1.29, 1.82) is 0 Å². The van der Waals surface area contributed by atoms with Gasteiger partial charge in [-0.2, -0.15) is 0 Å². The third-order valence-corrected chi connectivity index (χ3v) is 4.90. The lowest BCUT2D eigenvalue weighted by Crippen LogP contribution is -2.46. The maximum absolute atomic E-state index is 13.0. The summed E-state index contributed by atoms with van der Waals surface area (Å²) in [5.74, 6) is -0.267. The normalized spacial score (nSPS) is 24.3. The van der Waals surface area contributed by atoms with E-state index in [0.717, 1.165) is 25.1 Å². The van der Waals surface area contributed by atoms with Crippen molar-refractivity contribution in [3.63, 3.8) is 0 Å². The van der Waals surface area contributed by atoms with Gasteiger partial charge in [0.2, 0.25) is 0 Å². The third-order valence-electron chi connectivity index (χ3n) is 4.55. The van der Waals surface area contributed by atoms with E-state index >= 15 is 0 Å². The molecule has 0 spiro atoms. The Kier molecular flexibility index (Phi) is 5.42. The van der Waals surface area contributed by atoms with Gasteiger partial charge in [-0.25, -0.2) is 4.39 Å². The number of hydrogen-bond acceptors (Lipinski definition) is 2. The van der Waals surface area contributed by atoms with Crippen molar-refractivity contribution in [1.82, 2.24) is 9.80 Å². The van der Waals surface area contributed by atoms with Crippen molar-refractivity contribution >= 4 is 11.6 Å². The van der Waals surface area contributed by atoms with Crippen molar-refractivity contribution in [3.05, 3.63) is 34.6 Å². The van der Waals surface area contributed by atoms with Gasteiger partial charge in [-0.1, -0.05) is 17.7 Å². The summed E-state index contributed by atoms with van der Waals surface area (Å²) in [6.45, 7) is 4.41. The standard InChI is InChI=1S/C16H24ClFN2/c1-12-10-15(7-9-19(12)2)20(3)8-6-13-4-5-14(18)11-16(13)17/h4-5,11-12,15H,6-10H2,1-3H3/t12-,15+/m1/s1. The third kappa shape index (κ3) is 3.94. The minimum Gasteiger partial charge on any atom is -0.304 e. The second-order valence-electron chi connectivity index (χ2n) is 5.97. The van der Waals surface area contributed by atoms with Crippen molar-refractivity contribution in [2.24, 2.45) is 0 Å². The molecule has 1 aromatic carbocycles. The highest BCUT2D eigenvalue weighted by atomic mass is 35.5. The molecule has 1 saturated heterocycles. The lowest BCUT2D eigenvalue weighted by Gasteiger charge is -2.39. The van der Waals surface area contributed by atoms with Gasteiger partial charge in [0.15, 0.2) is 0 Å². The van der Waals surface area contributed by atoms with Gasteiger partial charge in [-0.15, -0.1) is 0 Å². The van der Waals surface area contributed by atoms with Crippen LogP contribution in [0.4, 0.5) is 4.39 Å². The van der Waals surface area contributed by atoms with Gasteiger partial charge in [0.25, 0.3) is 0 Å².